The predicted molar refractivity (Wildman–Crippen MR) is 71.7 cm³/mol. The highest BCUT2D eigenvalue weighted by Gasteiger charge is 2.30. The Balaban J connectivity index is 1.85. The molecule has 1 heterocycles. The normalized spacial score (nSPS) is 27.9. The molecular formula is C14H24N2O3. The minimum atomic E-state index is -0.770. The molecule has 2 unspecified atom stereocenters. The van der Waals surface area contributed by atoms with Gasteiger partial charge in [0.2, 0.25) is 5.91 Å². The molecule has 2 aliphatic rings. The average Bonchev–Trinajstić information content (AvgIpc) is 2.25. The van der Waals surface area contributed by atoms with Gasteiger partial charge in [-0.05, 0) is 37.6 Å². The van der Waals surface area contributed by atoms with Crippen LogP contribution in [0.4, 0.5) is 0 Å². The summed E-state index contributed by atoms with van der Waals surface area (Å²) in [5.74, 6) is 0.137. The van der Waals surface area contributed by atoms with Crippen molar-refractivity contribution in [3.8, 4) is 0 Å². The van der Waals surface area contributed by atoms with E-state index in [1.54, 1.807) is 11.8 Å². The molecule has 1 saturated heterocycles. The second kappa shape index (κ2) is 6.37. The van der Waals surface area contributed by atoms with Crippen molar-refractivity contribution in [2.75, 3.05) is 19.6 Å². The number of carboxylic acid groups (broad SMARTS) is 1. The monoisotopic (exact) mass is 268 g/mol. The van der Waals surface area contributed by atoms with Gasteiger partial charge < -0.3 is 15.3 Å². The van der Waals surface area contributed by atoms with E-state index >= 15 is 0 Å². The smallest absolute Gasteiger partial charge is 0.303 e. The number of likely N-dealkylation sites (tertiary alicyclic amines) is 1. The van der Waals surface area contributed by atoms with Gasteiger partial charge in [0, 0.05) is 32.5 Å². The van der Waals surface area contributed by atoms with Crippen LogP contribution in [0.25, 0.3) is 0 Å². The van der Waals surface area contributed by atoms with Gasteiger partial charge in [0.15, 0.2) is 0 Å². The van der Waals surface area contributed by atoms with Crippen LogP contribution in [0.15, 0.2) is 0 Å². The molecule has 5 nitrogen and oxygen atoms in total. The molecule has 0 aromatic rings. The molecule has 1 amide bonds. The van der Waals surface area contributed by atoms with E-state index in [4.69, 9.17) is 5.11 Å². The lowest BCUT2D eigenvalue weighted by Gasteiger charge is -2.38. The third-order valence-corrected chi connectivity index (χ3v) is 4.37. The Morgan fingerprint density at radius 1 is 1.26 bits per heavy atom. The largest absolute Gasteiger partial charge is 0.481 e. The predicted octanol–water partition coefficient (Wildman–Crippen LogP) is 1.09. The van der Waals surface area contributed by atoms with Crippen molar-refractivity contribution in [3.05, 3.63) is 0 Å². The minimum absolute atomic E-state index is 0.0468. The Kier molecular flexibility index (Phi) is 4.80. The van der Waals surface area contributed by atoms with Gasteiger partial charge in [0.1, 0.15) is 0 Å². The van der Waals surface area contributed by atoms with Crippen molar-refractivity contribution in [3.63, 3.8) is 0 Å². The SMILES string of the molecule is CC(=O)N1CC(CC(=O)O)CC(NCC2CCC2)C1. The summed E-state index contributed by atoms with van der Waals surface area (Å²) in [4.78, 5) is 24.2. The number of nitrogens with zero attached hydrogens (tertiary/aromatic N) is 1. The highest BCUT2D eigenvalue weighted by atomic mass is 16.4. The number of carbonyl (C=O) groups excluding carboxylic acids is 1. The van der Waals surface area contributed by atoms with E-state index < -0.39 is 5.97 Å². The van der Waals surface area contributed by atoms with E-state index in [9.17, 15) is 9.59 Å². The van der Waals surface area contributed by atoms with E-state index in [1.165, 1.54) is 19.3 Å². The number of rotatable bonds is 5. The third kappa shape index (κ3) is 4.20. The molecule has 0 spiro atoms. The zero-order valence-electron chi connectivity index (χ0n) is 11.6. The second-order valence-electron chi connectivity index (χ2n) is 6.03. The number of hydrogen-bond acceptors (Lipinski definition) is 3. The molecule has 0 aromatic carbocycles. The van der Waals surface area contributed by atoms with Crippen molar-refractivity contribution in [1.82, 2.24) is 10.2 Å². The van der Waals surface area contributed by atoms with Gasteiger partial charge in [0.05, 0.1) is 0 Å². The highest BCUT2D eigenvalue weighted by Crippen LogP contribution is 2.26. The van der Waals surface area contributed by atoms with Crippen molar-refractivity contribution in [1.29, 1.82) is 0 Å². The Hall–Kier alpha value is -1.10. The zero-order valence-corrected chi connectivity index (χ0v) is 11.6. The van der Waals surface area contributed by atoms with Gasteiger partial charge >= 0.3 is 5.97 Å². The number of aliphatic carboxylic acids is 1. The zero-order chi connectivity index (χ0) is 13.8. The van der Waals surface area contributed by atoms with Crippen molar-refractivity contribution in [2.24, 2.45) is 11.8 Å². The summed E-state index contributed by atoms with van der Waals surface area (Å²) in [6, 6.07) is 0.252. The fourth-order valence-corrected chi connectivity index (χ4v) is 3.03. The lowest BCUT2D eigenvalue weighted by atomic mass is 9.84. The Morgan fingerprint density at radius 2 is 2.00 bits per heavy atom. The molecule has 108 valence electrons. The van der Waals surface area contributed by atoms with E-state index in [2.05, 4.69) is 5.32 Å². The maximum atomic E-state index is 11.5. The molecule has 0 aromatic heterocycles. The molecule has 5 heteroatoms. The van der Waals surface area contributed by atoms with Crippen LogP contribution in [-0.2, 0) is 9.59 Å². The third-order valence-electron chi connectivity index (χ3n) is 4.37. The van der Waals surface area contributed by atoms with Crippen LogP contribution in [0.5, 0.6) is 0 Å². The maximum absolute atomic E-state index is 11.5. The first-order valence-electron chi connectivity index (χ1n) is 7.25. The van der Waals surface area contributed by atoms with Gasteiger partial charge in [-0.25, -0.2) is 0 Å². The summed E-state index contributed by atoms with van der Waals surface area (Å²) in [6.45, 7) is 3.88. The Morgan fingerprint density at radius 3 is 2.53 bits per heavy atom. The van der Waals surface area contributed by atoms with Crippen LogP contribution in [0.2, 0.25) is 0 Å². The van der Waals surface area contributed by atoms with Gasteiger partial charge in [0.25, 0.3) is 0 Å². The van der Waals surface area contributed by atoms with E-state index in [0.717, 1.165) is 25.4 Å². The number of piperidine rings is 1. The van der Waals surface area contributed by atoms with E-state index in [1.807, 2.05) is 0 Å². The molecule has 1 saturated carbocycles. The first kappa shape index (κ1) is 14.3. The van der Waals surface area contributed by atoms with E-state index in [0.29, 0.717) is 6.54 Å². The van der Waals surface area contributed by atoms with Gasteiger partial charge in [-0.3, -0.25) is 9.59 Å². The van der Waals surface area contributed by atoms with Gasteiger partial charge in [-0.15, -0.1) is 0 Å². The summed E-state index contributed by atoms with van der Waals surface area (Å²) in [6.07, 6.45) is 4.95. The van der Waals surface area contributed by atoms with Gasteiger partial charge in [-0.2, -0.15) is 0 Å². The fraction of sp³-hybridized carbons (Fsp3) is 0.857. The highest BCUT2D eigenvalue weighted by molar-refractivity contribution is 5.73. The summed E-state index contributed by atoms with van der Waals surface area (Å²) in [7, 11) is 0. The van der Waals surface area contributed by atoms with Crippen LogP contribution >= 0.6 is 0 Å². The molecule has 1 aliphatic heterocycles. The molecule has 2 atom stereocenters. The van der Waals surface area contributed by atoms with Crippen molar-refractivity contribution >= 4 is 11.9 Å². The van der Waals surface area contributed by atoms with Gasteiger partial charge in [-0.1, -0.05) is 6.42 Å². The van der Waals surface area contributed by atoms with Crippen LogP contribution in [0.3, 0.4) is 0 Å². The minimum Gasteiger partial charge on any atom is -0.481 e. The van der Waals surface area contributed by atoms with E-state index in [-0.39, 0.29) is 24.3 Å². The quantitative estimate of drug-likeness (QED) is 0.783. The van der Waals surface area contributed by atoms with Crippen LogP contribution in [0, 0.1) is 11.8 Å². The molecule has 19 heavy (non-hydrogen) atoms. The van der Waals surface area contributed by atoms with Crippen molar-refractivity contribution in [2.45, 2.75) is 45.1 Å². The summed E-state index contributed by atoms with van der Waals surface area (Å²) < 4.78 is 0. The summed E-state index contributed by atoms with van der Waals surface area (Å²) in [5, 5.41) is 12.4. The number of carbonyl (C=O) groups is 2. The summed E-state index contributed by atoms with van der Waals surface area (Å²) in [5.41, 5.74) is 0. The molecule has 2 N–H and O–H groups in total. The molecule has 0 radical (unpaired) electrons. The van der Waals surface area contributed by atoms with Crippen LogP contribution < -0.4 is 5.32 Å². The first-order valence-corrected chi connectivity index (χ1v) is 7.25. The lowest BCUT2D eigenvalue weighted by molar-refractivity contribution is -0.140. The number of hydrogen-bond donors (Lipinski definition) is 2. The van der Waals surface area contributed by atoms with Crippen LogP contribution in [0.1, 0.15) is 39.0 Å². The Bertz CT molecular complexity index is 342. The molecule has 1 aliphatic carbocycles. The topological polar surface area (TPSA) is 69.6 Å². The Labute approximate surface area is 114 Å². The summed E-state index contributed by atoms with van der Waals surface area (Å²) >= 11 is 0. The standard InChI is InChI=1S/C14H24N2O3/c1-10(17)16-8-12(6-14(18)19)5-13(9-16)15-7-11-3-2-4-11/h11-13,15H,2-9H2,1H3,(H,18,19). The van der Waals surface area contributed by atoms with Crippen LogP contribution in [-0.4, -0.2) is 47.6 Å². The second-order valence-corrected chi connectivity index (χ2v) is 6.03. The lowest BCUT2D eigenvalue weighted by Crippen LogP contribution is -2.52. The number of amides is 1. The first-order chi connectivity index (χ1) is 9.04. The molecule has 0 bridgehead atoms. The number of carboxylic acids is 1. The molecule has 2 fully saturated rings. The molecular weight excluding hydrogens is 244 g/mol. The molecule has 2 rings (SSSR count). The maximum Gasteiger partial charge on any atom is 0.303 e. The number of nitrogens with one attached hydrogen (secondary N) is 1. The van der Waals surface area contributed by atoms with Crippen molar-refractivity contribution < 1.29 is 14.7 Å². The average molecular weight is 268 g/mol. The fourth-order valence-electron chi connectivity index (χ4n) is 3.03.